The molecule has 0 saturated carbocycles. The summed E-state index contributed by atoms with van der Waals surface area (Å²) in [7, 11) is 3.21. The van der Waals surface area contributed by atoms with E-state index in [0.717, 1.165) is 17.1 Å². The van der Waals surface area contributed by atoms with Gasteiger partial charge in [-0.3, -0.25) is 4.79 Å². The number of hydrogen-bond donors (Lipinski definition) is 1. The van der Waals surface area contributed by atoms with Crippen molar-refractivity contribution in [2.45, 2.75) is 30.8 Å². The zero-order valence-electron chi connectivity index (χ0n) is 16.9. The second-order valence-electron chi connectivity index (χ2n) is 6.23. The molecule has 1 heterocycles. The molecule has 2 aromatic carbocycles. The Hall–Kier alpha value is -3.00. The molecule has 0 fully saturated rings. The molecule has 7 nitrogen and oxygen atoms in total. The van der Waals surface area contributed by atoms with Gasteiger partial charge >= 0.3 is 0 Å². The SMILES string of the molecule is CCn1c(S[C@H](C)C(=O)Nc2ccccc2OC)nnc1-c1ccc(OC)cc1. The molecular weight excluding hydrogens is 388 g/mol. The van der Waals surface area contributed by atoms with Gasteiger partial charge in [0.2, 0.25) is 5.91 Å². The van der Waals surface area contributed by atoms with Gasteiger partial charge in [-0.05, 0) is 50.2 Å². The number of ether oxygens (including phenoxy) is 2. The molecule has 1 N–H and O–H groups in total. The Morgan fingerprint density at radius 1 is 1.10 bits per heavy atom. The van der Waals surface area contributed by atoms with Crippen LogP contribution in [0.4, 0.5) is 5.69 Å². The average molecular weight is 413 g/mol. The number of para-hydroxylation sites is 2. The van der Waals surface area contributed by atoms with Gasteiger partial charge in [0.15, 0.2) is 11.0 Å². The molecule has 1 atom stereocenters. The van der Waals surface area contributed by atoms with Crippen LogP contribution in [0.25, 0.3) is 11.4 Å². The monoisotopic (exact) mass is 412 g/mol. The Bertz CT molecular complexity index is 972. The predicted octanol–water partition coefficient (Wildman–Crippen LogP) is 4.10. The molecule has 0 radical (unpaired) electrons. The third kappa shape index (κ3) is 4.71. The van der Waals surface area contributed by atoms with Crippen LogP contribution in [0.2, 0.25) is 0 Å². The van der Waals surface area contributed by atoms with Crippen LogP contribution < -0.4 is 14.8 Å². The van der Waals surface area contributed by atoms with E-state index in [4.69, 9.17) is 9.47 Å². The number of nitrogens with zero attached hydrogens (tertiary/aromatic N) is 3. The first-order chi connectivity index (χ1) is 14.1. The van der Waals surface area contributed by atoms with Crippen LogP contribution in [-0.2, 0) is 11.3 Å². The minimum Gasteiger partial charge on any atom is -0.497 e. The molecule has 3 aromatic rings. The van der Waals surface area contributed by atoms with Crippen LogP contribution in [0.15, 0.2) is 53.7 Å². The molecule has 0 aliphatic carbocycles. The van der Waals surface area contributed by atoms with Crippen molar-refractivity contribution in [1.29, 1.82) is 0 Å². The van der Waals surface area contributed by atoms with Gasteiger partial charge in [-0.15, -0.1) is 10.2 Å². The lowest BCUT2D eigenvalue weighted by Crippen LogP contribution is -2.23. The molecule has 0 spiro atoms. The van der Waals surface area contributed by atoms with E-state index < -0.39 is 0 Å². The fraction of sp³-hybridized carbons (Fsp3) is 0.286. The number of nitrogens with one attached hydrogen (secondary N) is 1. The maximum absolute atomic E-state index is 12.7. The Labute approximate surface area is 174 Å². The molecular formula is C21H24N4O3S. The summed E-state index contributed by atoms with van der Waals surface area (Å²) >= 11 is 1.37. The molecule has 0 aliphatic rings. The third-order valence-corrected chi connectivity index (χ3v) is 5.48. The first kappa shape index (κ1) is 20.7. The molecule has 0 bridgehead atoms. The number of aromatic nitrogens is 3. The van der Waals surface area contributed by atoms with Crippen LogP contribution in [0.5, 0.6) is 11.5 Å². The van der Waals surface area contributed by atoms with E-state index in [1.165, 1.54) is 11.8 Å². The van der Waals surface area contributed by atoms with E-state index in [0.29, 0.717) is 23.1 Å². The Morgan fingerprint density at radius 2 is 1.83 bits per heavy atom. The van der Waals surface area contributed by atoms with Gasteiger partial charge in [0.05, 0.1) is 25.2 Å². The largest absolute Gasteiger partial charge is 0.497 e. The van der Waals surface area contributed by atoms with Gasteiger partial charge in [-0.2, -0.15) is 0 Å². The van der Waals surface area contributed by atoms with Crippen LogP contribution in [0, 0.1) is 0 Å². The lowest BCUT2D eigenvalue weighted by atomic mass is 10.2. The maximum Gasteiger partial charge on any atom is 0.237 e. The second-order valence-corrected chi connectivity index (χ2v) is 7.54. The Morgan fingerprint density at radius 3 is 2.48 bits per heavy atom. The van der Waals surface area contributed by atoms with Crippen LogP contribution in [-0.4, -0.2) is 40.1 Å². The van der Waals surface area contributed by atoms with Crippen molar-refractivity contribution in [2.24, 2.45) is 0 Å². The lowest BCUT2D eigenvalue weighted by molar-refractivity contribution is -0.115. The quantitative estimate of drug-likeness (QED) is 0.561. The van der Waals surface area contributed by atoms with Crippen LogP contribution in [0.3, 0.4) is 0 Å². The highest BCUT2D eigenvalue weighted by molar-refractivity contribution is 8.00. The van der Waals surface area contributed by atoms with Crippen LogP contribution >= 0.6 is 11.8 Å². The highest BCUT2D eigenvalue weighted by Gasteiger charge is 2.21. The number of carbonyl (C=O) groups is 1. The first-order valence-corrected chi connectivity index (χ1v) is 10.1. The number of carbonyl (C=O) groups excluding carboxylic acids is 1. The molecule has 0 unspecified atom stereocenters. The van der Waals surface area contributed by atoms with Gasteiger partial charge < -0.3 is 19.4 Å². The zero-order chi connectivity index (χ0) is 20.8. The van der Waals surface area contributed by atoms with Gasteiger partial charge in [-0.1, -0.05) is 23.9 Å². The van der Waals surface area contributed by atoms with Crippen molar-refractivity contribution < 1.29 is 14.3 Å². The normalized spacial score (nSPS) is 11.7. The molecule has 0 saturated heterocycles. The van der Waals surface area contributed by atoms with E-state index >= 15 is 0 Å². The van der Waals surface area contributed by atoms with Crippen molar-refractivity contribution in [3.05, 3.63) is 48.5 Å². The molecule has 0 aliphatic heterocycles. The summed E-state index contributed by atoms with van der Waals surface area (Å²) in [5, 5.41) is 11.9. The summed E-state index contributed by atoms with van der Waals surface area (Å²) < 4.78 is 12.5. The van der Waals surface area contributed by atoms with Gasteiger partial charge in [-0.25, -0.2) is 0 Å². The third-order valence-electron chi connectivity index (χ3n) is 4.40. The van der Waals surface area contributed by atoms with Gasteiger partial charge in [0.25, 0.3) is 0 Å². The smallest absolute Gasteiger partial charge is 0.237 e. The fourth-order valence-corrected chi connectivity index (χ4v) is 3.72. The summed E-state index contributed by atoms with van der Waals surface area (Å²) in [5.74, 6) is 2.04. The van der Waals surface area contributed by atoms with Crippen LogP contribution in [0.1, 0.15) is 13.8 Å². The summed E-state index contributed by atoms with van der Waals surface area (Å²) in [6.07, 6.45) is 0. The van der Waals surface area contributed by atoms with Crippen molar-refractivity contribution in [2.75, 3.05) is 19.5 Å². The number of thioether (sulfide) groups is 1. The highest BCUT2D eigenvalue weighted by Crippen LogP contribution is 2.29. The fourth-order valence-electron chi connectivity index (χ4n) is 2.81. The number of rotatable bonds is 8. The zero-order valence-corrected chi connectivity index (χ0v) is 17.7. The first-order valence-electron chi connectivity index (χ1n) is 9.25. The Balaban J connectivity index is 1.75. The number of hydrogen-bond acceptors (Lipinski definition) is 6. The highest BCUT2D eigenvalue weighted by atomic mass is 32.2. The minimum absolute atomic E-state index is 0.129. The molecule has 3 rings (SSSR count). The van der Waals surface area contributed by atoms with Crippen molar-refractivity contribution in [3.63, 3.8) is 0 Å². The maximum atomic E-state index is 12.7. The number of amides is 1. The molecule has 152 valence electrons. The van der Waals surface area contributed by atoms with Gasteiger partial charge in [0.1, 0.15) is 11.5 Å². The van der Waals surface area contributed by atoms with E-state index in [9.17, 15) is 4.79 Å². The van der Waals surface area contributed by atoms with Crippen molar-refractivity contribution in [1.82, 2.24) is 14.8 Å². The molecule has 1 aromatic heterocycles. The van der Waals surface area contributed by atoms with E-state index in [1.54, 1.807) is 14.2 Å². The van der Waals surface area contributed by atoms with Crippen molar-refractivity contribution in [3.8, 4) is 22.9 Å². The van der Waals surface area contributed by atoms with E-state index in [1.807, 2.05) is 66.9 Å². The number of methoxy groups -OCH3 is 2. The van der Waals surface area contributed by atoms with Gasteiger partial charge in [0, 0.05) is 12.1 Å². The topological polar surface area (TPSA) is 78.3 Å². The molecule has 8 heteroatoms. The summed E-state index contributed by atoms with van der Waals surface area (Å²) in [5.41, 5.74) is 1.58. The van der Waals surface area contributed by atoms with E-state index in [-0.39, 0.29) is 11.2 Å². The summed E-state index contributed by atoms with van der Waals surface area (Å²) in [6, 6.07) is 15.0. The minimum atomic E-state index is -0.363. The summed E-state index contributed by atoms with van der Waals surface area (Å²) in [6.45, 7) is 4.56. The number of benzene rings is 2. The van der Waals surface area contributed by atoms with E-state index in [2.05, 4.69) is 15.5 Å². The standard InChI is InChI=1S/C21H24N4O3S/c1-5-25-19(15-10-12-16(27-3)13-11-15)23-24-21(25)29-14(2)20(26)22-17-8-6-7-9-18(17)28-4/h6-14H,5H2,1-4H3,(H,22,26)/t14-/m1/s1. The summed E-state index contributed by atoms with van der Waals surface area (Å²) in [4.78, 5) is 12.7. The second kappa shape index (κ2) is 9.47. The molecule has 1 amide bonds. The average Bonchev–Trinajstić information content (AvgIpc) is 3.16. The predicted molar refractivity (Wildman–Crippen MR) is 115 cm³/mol. The number of anilines is 1. The molecule has 29 heavy (non-hydrogen) atoms. The van der Waals surface area contributed by atoms with Crippen molar-refractivity contribution >= 4 is 23.4 Å². The lowest BCUT2D eigenvalue weighted by Gasteiger charge is -2.14. The Kier molecular flexibility index (Phi) is 6.77.